The van der Waals surface area contributed by atoms with Gasteiger partial charge in [-0.3, -0.25) is 4.90 Å². The van der Waals surface area contributed by atoms with Crippen molar-refractivity contribution in [2.75, 3.05) is 41.3 Å². The van der Waals surface area contributed by atoms with Crippen LogP contribution in [0.5, 0.6) is 0 Å². The molecule has 0 bridgehead atoms. The van der Waals surface area contributed by atoms with E-state index in [1.54, 1.807) is 11.1 Å². The van der Waals surface area contributed by atoms with Crippen LogP contribution in [0.4, 0.5) is 31.2 Å². The van der Waals surface area contributed by atoms with E-state index in [0.717, 1.165) is 11.3 Å². The molecule has 0 radical (unpaired) electrons. The molecule has 0 unspecified atom stereocenters. The number of nitrogens with one attached hydrogen (secondary N) is 1. The summed E-state index contributed by atoms with van der Waals surface area (Å²) in [5.41, 5.74) is 1.76. The van der Waals surface area contributed by atoms with Crippen LogP contribution in [0.15, 0.2) is 30.9 Å². The van der Waals surface area contributed by atoms with E-state index in [1.165, 1.54) is 28.0 Å². The fourth-order valence-corrected chi connectivity index (χ4v) is 4.65. The minimum absolute atomic E-state index is 0.00898. The van der Waals surface area contributed by atoms with Gasteiger partial charge in [0.05, 0.1) is 11.9 Å². The van der Waals surface area contributed by atoms with Crippen molar-refractivity contribution in [2.24, 2.45) is 0 Å². The smallest absolute Gasteiger partial charge is 0.410 e. The lowest BCUT2D eigenvalue weighted by Gasteiger charge is -2.41. The Balaban J connectivity index is 1.31. The summed E-state index contributed by atoms with van der Waals surface area (Å²) in [6, 6.07) is 2.64. The highest BCUT2D eigenvalue weighted by Crippen LogP contribution is 2.35. The molecule has 3 aromatic rings. The maximum Gasteiger partial charge on any atom is 0.410 e. The molecule has 3 aromatic heterocycles. The third-order valence-corrected chi connectivity index (χ3v) is 6.30. The number of fused-ring (bicyclic) bond motifs is 2. The number of aromatic nitrogens is 4. The molecule has 0 spiro atoms. The summed E-state index contributed by atoms with van der Waals surface area (Å²) in [7, 11) is 0. The van der Waals surface area contributed by atoms with Crippen LogP contribution < -0.4 is 15.1 Å². The van der Waals surface area contributed by atoms with Gasteiger partial charge in [0.1, 0.15) is 17.7 Å². The second-order valence-electron chi connectivity index (χ2n) is 10.0. The standard InChI is InChI=1S/C24H29FN8O3/c1-15-12-30(9-10-31(15)23(35)36-24(2,3)4)19-5-7-26-21-16(19)6-8-32(21)22(34)29-18-13-33-20(11-17(18)25)27-14-28-33/h5,7,11,13-15H,6,8-10,12H2,1-4H3,(H,29,34)/t15-/m0/s1. The van der Waals surface area contributed by atoms with Gasteiger partial charge in [0.15, 0.2) is 11.5 Å². The average molecular weight is 497 g/mol. The third kappa shape index (κ3) is 4.50. The molecule has 12 heteroatoms. The highest BCUT2D eigenvalue weighted by atomic mass is 19.1. The van der Waals surface area contributed by atoms with Gasteiger partial charge in [-0.1, -0.05) is 0 Å². The van der Waals surface area contributed by atoms with Crippen LogP contribution in [0.2, 0.25) is 0 Å². The first kappa shape index (κ1) is 23.8. The van der Waals surface area contributed by atoms with Crippen LogP contribution in [-0.4, -0.2) is 74.4 Å². The Labute approximate surface area is 207 Å². The van der Waals surface area contributed by atoms with Crippen molar-refractivity contribution < 1.29 is 18.7 Å². The van der Waals surface area contributed by atoms with Gasteiger partial charge in [0.2, 0.25) is 0 Å². The molecule has 0 saturated carbocycles. The van der Waals surface area contributed by atoms with Crippen LogP contribution in [0.3, 0.4) is 0 Å². The van der Waals surface area contributed by atoms with E-state index in [-0.39, 0.29) is 17.8 Å². The Hall–Kier alpha value is -3.96. The number of amides is 3. The lowest BCUT2D eigenvalue weighted by molar-refractivity contribution is 0.0159. The first-order valence-electron chi connectivity index (χ1n) is 11.9. The summed E-state index contributed by atoms with van der Waals surface area (Å²) in [6.45, 7) is 9.78. The molecule has 3 amide bonds. The summed E-state index contributed by atoms with van der Waals surface area (Å²) < 4.78 is 21.4. The number of carbonyl (C=O) groups is 2. The fourth-order valence-electron chi connectivity index (χ4n) is 4.65. The van der Waals surface area contributed by atoms with Crippen molar-refractivity contribution in [3.8, 4) is 0 Å². The summed E-state index contributed by atoms with van der Waals surface area (Å²) in [4.78, 5) is 39.5. The zero-order chi connectivity index (χ0) is 25.6. The van der Waals surface area contributed by atoms with Gasteiger partial charge in [-0.25, -0.2) is 28.5 Å². The monoisotopic (exact) mass is 496 g/mol. The molecule has 11 nitrogen and oxygen atoms in total. The second-order valence-corrected chi connectivity index (χ2v) is 10.0. The molecule has 0 aromatic carbocycles. The Bertz CT molecular complexity index is 1320. The molecule has 1 saturated heterocycles. The Morgan fingerprint density at radius 1 is 1.19 bits per heavy atom. The van der Waals surface area contributed by atoms with Crippen molar-refractivity contribution in [1.82, 2.24) is 24.5 Å². The number of urea groups is 1. The number of nitrogens with zero attached hydrogens (tertiary/aromatic N) is 7. The molecule has 5 rings (SSSR count). The van der Waals surface area contributed by atoms with E-state index in [2.05, 4.69) is 25.3 Å². The minimum Gasteiger partial charge on any atom is -0.444 e. The quantitative estimate of drug-likeness (QED) is 0.580. The Morgan fingerprint density at radius 3 is 2.75 bits per heavy atom. The van der Waals surface area contributed by atoms with Crippen LogP contribution in [0, 0.1) is 5.82 Å². The SMILES string of the molecule is C[C@H]1CN(c2ccnc3c2CCN3C(=O)Nc2cn3ncnc3cc2F)CCN1C(=O)OC(C)(C)C. The van der Waals surface area contributed by atoms with Crippen molar-refractivity contribution in [2.45, 2.75) is 45.8 Å². The number of halogens is 1. The molecular weight excluding hydrogens is 467 g/mol. The molecule has 36 heavy (non-hydrogen) atoms. The van der Waals surface area contributed by atoms with Gasteiger partial charge in [0.25, 0.3) is 0 Å². The van der Waals surface area contributed by atoms with E-state index < -0.39 is 17.4 Å². The van der Waals surface area contributed by atoms with Crippen molar-refractivity contribution >= 4 is 35.0 Å². The van der Waals surface area contributed by atoms with Crippen LogP contribution in [0.25, 0.3) is 5.65 Å². The number of carbonyl (C=O) groups excluding carboxylic acids is 2. The largest absolute Gasteiger partial charge is 0.444 e. The van der Waals surface area contributed by atoms with E-state index in [9.17, 15) is 14.0 Å². The second kappa shape index (κ2) is 8.92. The van der Waals surface area contributed by atoms with E-state index >= 15 is 0 Å². The van der Waals surface area contributed by atoms with Crippen molar-refractivity contribution in [1.29, 1.82) is 0 Å². The maximum absolute atomic E-state index is 14.5. The minimum atomic E-state index is -0.596. The lowest BCUT2D eigenvalue weighted by Crippen LogP contribution is -2.55. The molecule has 2 aliphatic heterocycles. The molecule has 2 aliphatic rings. The first-order chi connectivity index (χ1) is 17.1. The van der Waals surface area contributed by atoms with Gasteiger partial charge in [-0.05, 0) is 40.2 Å². The Kier molecular flexibility index (Phi) is 5.89. The highest BCUT2D eigenvalue weighted by molar-refractivity contribution is 6.03. The summed E-state index contributed by atoms with van der Waals surface area (Å²) in [6.07, 6.45) is 4.69. The number of hydrogen-bond acceptors (Lipinski definition) is 7. The summed E-state index contributed by atoms with van der Waals surface area (Å²) >= 11 is 0. The maximum atomic E-state index is 14.5. The zero-order valence-corrected chi connectivity index (χ0v) is 20.7. The number of piperazine rings is 1. The lowest BCUT2D eigenvalue weighted by atomic mass is 10.1. The molecular formula is C24H29FN8O3. The number of ether oxygens (including phenoxy) is 1. The van der Waals surface area contributed by atoms with Crippen molar-refractivity contribution in [3.05, 3.63) is 42.2 Å². The van der Waals surface area contributed by atoms with E-state index in [0.29, 0.717) is 44.1 Å². The van der Waals surface area contributed by atoms with Crippen LogP contribution in [-0.2, 0) is 11.2 Å². The third-order valence-electron chi connectivity index (χ3n) is 6.30. The van der Waals surface area contributed by atoms with Crippen LogP contribution in [0.1, 0.15) is 33.3 Å². The number of rotatable bonds is 2. The summed E-state index contributed by atoms with van der Waals surface area (Å²) in [5, 5.41) is 6.62. The topological polar surface area (TPSA) is 108 Å². The zero-order valence-electron chi connectivity index (χ0n) is 20.7. The molecule has 5 heterocycles. The summed E-state index contributed by atoms with van der Waals surface area (Å²) in [5.74, 6) is -0.0451. The highest BCUT2D eigenvalue weighted by Gasteiger charge is 2.34. The number of anilines is 3. The molecule has 190 valence electrons. The van der Waals surface area contributed by atoms with E-state index in [1.807, 2.05) is 33.8 Å². The average Bonchev–Trinajstić information content (AvgIpc) is 3.44. The van der Waals surface area contributed by atoms with Gasteiger partial charge in [-0.2, -0.15) is 5.10 Å². The van der Waals surface area contributed by atoms with Gasteiger partial charge in [-0.15, -0.1) is 0 Å². The normalized spacial score (nSPS) is 17.9. The number of hydrogen-bond donors (Lipinski definition) is 1. The van der Waals surface area contributed by atoms with Gasteiger partial charge in [0, 0.05) is 55.7 Å². The predicted molar refractivity (Wildman–Crippen MR) is 132 cm³/mol. The van der Waals surface area contributed by atoms with Crippen molar-refractivity contribution in [3.63, 3.8) is 0 Å². The van der Waals surface area contributed by atoms with Gasteiger partial charge < -0.3 is 19.9 Å². The Morgan fingerprint density at radius 2 is 2.00 bits per heavy atom. The molecule has 1 N–H and O–H groups in total. The number of pyridine rings is 2. The molecule has 1 atom stereocenters. The fraction of sp³-hybridized carbons (Fsp3) is 0.458. The van der Waals surface area contributed by atoms with E-state index in [4.69, 9.17) is 4.74 Å². The predicted octanol–water partition coefficient (Wildman–Crippen LogP) is 3.30. The van der Waals surface area contributed by atoms with Crippen LogP contribution >= 0.6 is 0 Å². The molecule has 1 fully saturated rings. The van der Waals surface area contributed by atoms with Gasteiger partial charge >= 0.3 is 12.1 Å². The molecule has 0 aliphatic carbocycles. The first-order valence-corrected chi connectivity index (χ1v) is 11.9.